The Labute approximate surface area is 104 Å². The van der Waals surface area contributed by atoms with Gasteiger partial charge in [0.15, 0.2) is 0 Å². The number of methoxy groups -OCH3 is 1. The summed E-state index contributed by atoms with van der Waals surface area (Å²) in [5.41, 5.74) is 5.45. The normalized spacial score (nSPS) is 21.1. The fourth-order valence-corrected chi connectivity index (χ4v) is 2.32. The maximum absolute atomic E-state index is 11.8. The third-order valence-corrected chi connectivity index (χ3v) is 3.72. The number of nitrogens with zero attached hydrogens (tertiary/aromatic N) is 1. The van der Waals surface area contributed by atoms with Crippen molar-refractivity contribution in [3.63, 3.8) is 0 Å². The summed E-state index contributed by atoms with van der Waals surface area (Å²) in [7, 11) is 3.44. The van der Waals surface area contributed by atoms with E-state index < -0.39 is 5.54 Å². The van der Waals surface area contributed by atoms with E-state index in [1.807, 2.05) is 7.05 Å². The van der Waals surface area contributed by atoms with Gasteiger partial charge in [0.1, 0.15) is 5.54 Å². The highest BCUT2D eigenvalue weighted by molar-refractivity contribution is 5.81. The first-order valence-corrected chi connectivity index (χ1v) is 6.49. The maximum Gasteiger partial charge on any atom is 0.327 e. The Morgan fingerprint density at radius 3 is 2.59 bits per heavy atom. The van der Waals surface area contributed by atoms with Crippen molar-refractivity contribution in [1.82, 2.24) is 4.90 Å². The number of likely N-dealkylation sites (N-methyl/N-ethyl adjacent to an activating group) is 1. The zero-order valence-electron chi connectivity index (χ0n) is 11.5. The molecule has 2 unspecified atom stereocenters. The van der Waals surface area contributed by atoms with Gasteiger partial charge >= 0.3 is 5.97 Å². The predicted molar refractivity (Wildman–Crippen MR) is 68.6 cm³/mol. The van der Waals surface area contributed by atoms with Crippen LogP contribution in [-0.2, 0) is 9.53 Å². The van der Waals surface area contributed by atoms with Crippen molar-refractivity contribution in [3.8, 4) is 0 Å². The first kappa shape index (κ1) is 14.5. The number of hydrogen-bond acceptors (Lipinski definition) is 4. The zero-order valence-corrected chi connectivity index (χ0v) is 11.5. The van der Waals surface area contributed by atoms with Crippen molar-refractivity contribution in [2.45, 2.75) is 38.6 Å². The summed E-state index contributed by atoms with van der Waals surface area (Å²) in [6.45, 7) is 5.95. The molecule has 4 nitrogen and oxygen atoms in total. The van der Waals surface area contributed by atoms with Crippen LogP contribution in [-0.4, -0.2) is 43.7 Å². The number of rotatable bonds is 7. The molecule has 2 N–H and O–H groups in total. The Kier molecular flexibility index (Phi) is 4.95. The molecule has 2 atom stereocenters. The quantitative estimate of drug-likeness (QED) is 0.683. The molecule has 4 heteroatoms. The van der Waals surface area contributed by atoms with Gasteiger partial charge in [0, 0.05) is 13.1 Å². The number of hydrogen-bond donors (Lipinski definition) is 1. The van der Waals surface area contributed by atoms with Crippen LogP contribution in [0.5, 0.6) is 0 Å². The van der Waals surface area contributed by atoms with Crippen molar-refractivity contribution in [2.24, 2.45) is 17.6 Å². The van der Waals surface area contributed by atoms with Crippen LogP contribution in [0.15, 0.2) is 0 Å². The summed E-state index contributed by atoms with van der Waals surface area (Å²) in [4.78, 5) is 14.0. The maximum atomic E-state index is 11.8. The highest BCUT2D eigenvalue weighted by Crippen LogP contribution is 2.39. The van der Waals surface area contributed by atoms with Crippen molar-refractivity contribution in [2.75, 3.05) is 27.2 Å². The molecule has 1 saturated carbocycles. The second kappa shape index (κ2) is 5.83. The van der Waals surface area contributed by atoms with Gasteiger partial charge in [-0.1, -0.05) is 20.3 Å². The van der Waals surface area contributed by atoms with Crippen LogP contribution >= 0.6 is 0 Å². The zero-order chi connectivity index (χ0) is 13.1. The molecular weight excluding hydrogens is 216 g/mol. The van der Waals surface area contributed by atoms with Gasteiger partial charge in [0.05, 0.1) is 7.11 Å². The summed E-state index contributed by atoms with van der Waals surface area (Å²) >= 11 is 0. The second-order valence-electron chi connectivity index (χ2n) is 5.52. The molecule has 1 aliphatic rings. The van der Waals surface area contributed by atoms with Crippen LogP contribution in [0.25, 0.3) is 0 Å². The lowest BCUT2D eigenvalue weighted by Crippen LogP contribution is -2.58. The number of carbonyl (C=O) groups excluding carboxylic acids is 1. The monoisotopic (exact) mass is 242 g/mol. The lowest BCUT2D eigenvalue weighted by molar-refractivity contribution is -0.148. The number of carbonyl (C=O) groups is 1. The molecule has 0 aliphatic heterocycles. The number of esters is 1. The van der Waals surface area contributed by atoms with Crippen LogP contribution in [0.1, 0.15) is 33.1 Å². The van der Waals surface area contributed by atoms with Gasteiger partial charge in [-0.3, -0.25) is 4.79 Å². The first-order chi connectivity index (χ1) is 7.93. The first-order valence-electron chi connectivity index (χ1n) is 6.49. The average Bonchev–Trinajstić information content (AvgIpc) is 3.11. The van der Waals surface area contributed by atoms with E-state index in [1.54, 1.807) is 0 Å². The molecule has 0 radical (unpaired) electrons. The van der Waals surface area contributed by atoms with Crippen LogP contribution < -0.4 is 5.73 Å². The Balaban J connectivity index is 2.57. The van der Waals surface area contributed by atoms with Gasteiger partial charge in [0.2, 0.25) is 0 Å². The smallest absolute Gasteiger partial charge is 0.327 e. The largest absolute Gasteiger partial charge is 0.468 e. The van der Waals surface area contributed by atoms with Crippen LogP contribution in [0.3, 0.4) is 0 Å². The highest BCUT2D eigenvalue weighted by atomic mass is 16.5. The van der Waals surface area contributed by atoms with Crippen LogP contribution in [0.4, 0.5) is 0 Å². The summed E-state index contributed by atoms with van der Waals surface area (Å²) in [5.74, 6) is 0.659. The van der Waals surface area contributed by atoms with E-state index in [-0.39, 0.29) is 5.97 Å². The highest BCUT2D eigenvalue weighted by Gasteiger charge is 2.49. The summed E-state index contributed by atoms with van der Waals surface area (Å²) in [6, 6.07) is 0. The average molecular weight is 242 g/mol. The second-order valence-corrected chi connectivity index (χ2v) is 5.52. The van der Waals surface area contributed by atoms with Crippen molar-refractivity contribution >= 4 is 5.97 Å². The minimum atomic E-state index is -0.809. The van der Waals surface area contributed by atoms with Gasteiger partial charge in [0.25, 0.3) is 0 Å². The van der Waals surface area contributed by atoms with E-state index in [0.717, 1.165) is 25.8 Å². The third-order valence-electron chi connectivity index (χ3n) is 3.72. The lowest BCUT2D eigenvalue weighted by atomic mass is 9.93. The molecule has 0 saturated heterocycles. The number of nitrogens with two attached hydrogens (primary N) is 1. The standard InChI is InChI=1S/C13H26N2O2/c1-5-10(2)8-15(3)9-13(14,11-6-7-11)12(16)17-4/h10-11H,5-9,14H2,1-4H3. The molecule has 0 amide bonds. The molecule has 0 spiro atoms. The van der Waals surface area contributed by atoms with E-state index in [4.69, 9.17) is 10.5 Å². The van der Waals surface area contributed by atoms with Crippen molar-refractivity contribution < 1.29 is 9.53 Å². The van der Waals surface area contributed by atoms with Crippen molar-refractivity contribution in [1.29, 1.82) is 0 Å². The molecule has 0 bridgehead atoms. The van der Waals surface area contributed by atoms with E-state index in [2.05, 4.69) is 18.7 Å². The molecule has 100 valence electrons. The van der Waals surface area contributed by atoms with E-state index in [0.29, 0.717) is 18.4 Å². The van der Waals surface area contributed by atoms with Crippen molar-refractivity contribution in [3.05, 3.63) is 0 Å². The molecule has 1 aliphatic carbocycles. The summed E-state index contributed by atoms with van der Waals surface area (Å²) in [6.07, 6.45) is 3.23. The molecule has 1 rings (SSSR count). The molecule has 17 heavy (non-hydrogen) atoms. The minimum Gasteiger partial charge on any atom is -0.468 e. The van der Waals surface area contributed by atoms with Crippen LogP contribution in [0, 0.1) is 11.8 Å². The van der Waals surface area contributed by atoms with E-state index in [1.165, 1.54) is 7.11 Å². The van der Waals surface area contributed by atoms with Crippen LogP contribution in [0.2, 0.25) is 0 Å². The molecule has 0 aromatic rings. The SMILES string of the molecule is CCC(C)CN(C)CC(N)(C(=O)OC)C1CC1. The molecule has 0 aromatic carbocycles. The lowest BCUT2D eigenvalue weighted by Gasteiger charge is -2.32. The van der Waals surface area contributed by atoms with Gasteiger partial charge in [-0.25, -0.2) is 0 Å². The predicted octanol–water partition coefficient (Wildman–Crippen LogP) is 1.24. The third kappa shape index (κ3) is 3.68. The molecular formula is C13H26N2O2. The van der Waals surface area contributed by atoms with Gasteiger partial charge < -0.3 is 15.4 Å². The minimum absolute atomic E-state index is 0.268. The molecule has 0 aromatic heterocycles. The van der Waals surface area contributed by atoms with Gasteiger partial charge in [-0.2, -0.15) is 0 Å². The Bertz CT molecular complexity index is 266. The summed E-state index contributed by atoms with van der Waals surface area (Å²) < 4.78 is 4.86. The Morgan fingerprint density at radius 2 is 2.18 bits per heavy atom. The summed E-state index contributed by atoms with van der Waals surface area (Å²) in [5, 5.41) is 0. The van der Waals surface area contributed by atoms with Gasteiger partial charge in [-0.15, -0.1) is 0 Å². The fourth-order valence-electron chi connectivity index (χ4n) is 2.32. The fraction of sp³-hybridized carbons (Fsp3) is 0.923. The number of ether oxygens (including phenoxy) is 1. The molecule has 0 heterocycles. The topological polar surface area (TPSA) is 55.6 Å². The Hall–Kier alpha value is -0.610. The van der Waals surface area contributed by atoms with E-state index >= 15 is 0 Å². The Morgan fingerprint density at radius 1 is 1.59 bits per heavy atom. The van der Waals surface area contributed by atoms with Gasteiger partial charge in [-0.05, 0) is 31.7 Å². The molecule has 1 fully saturated rings. The van der Waals surface area contributed by atoms with E-state index in [9.17, 15) is 4.79 Å².